The monoisotopic (exact) mass is 247 g/mol. The molecule has 1 aliphatic carbocycles. The largest absolute Gasteiger partial charge is 0.392 e. The fourth-order valence-corrected chi connectivity index (χ4v) is 2.76. The summed E-state index contributed by atoms with van der Waals surface area (Å²) in [5.41, 5.74) is 5.08. The number of benzene rings is 1. The van der Waals surface area contributed by atoms with Crippen molar-refractivity contribution >= 4 is 11.6 Å². The van der Waals surface area contributed by atoms with Gasteiger partial charge in [0.1, 0.15) is 0 Å². The van der Waals surface area contributed by atoms with Crippen LogP contribution >= 0.6 is 11.6 Å². The lowest BCUT2D eigenvalue weighted by Crippen LogP contribution is -2.11. The van der Waals surface area contributed by atoms with Crippen molar-refractivity contribution in [2.45, 2.75) is 26.0 Å². The number of hydrogen-bond acceptors (Lipinski definition) is 1. The van der Waals surface area contributed by atoms with E-state index in [0.29, 0.717) is 6.54 Å². The standard InChI is InChI=1S/C14H14ClNO/c1-9(17)8-16-5-4-10-6-11-7-12(15)2-3-13(11)14(10)16/h2-5,7,9,17H,6,8H2,1H3. The zero-order chi connectivity index (χ0) is 12.0. The molecule has 2 nitrogen and oxygen atoms in total. The first-order valence-corrected chi connectivity index (χ1v) is 6.18. The molecule has 2 aromatic rings. The third-order valence-corrected chi connectivity index (χ3v) is 3.45. The summed E-state index contributed by atoms with van der Waals surface area (Å²) in [5, 5.41) is 10.3. The zero-order valence-corrected chi connectivity index (χ0v) is 10.4. The van der Waals surface area contributed by atoms with E-state index in [2.05, 4.69) is 22.9 Å². The van der Waals surface area contributed by atoms with Crippen LogP contribution in [0.4, 0.5) is 0 Å². The predicted octanol–water partition coefficient (Wildman–Crippen LogP) is 3.09. The van der Waals surface area contributed by atoms with Gasteiger partial charge in [-0.05, 0) is 36.2 Å². The van der Waals surface area contributed by atoms with Gasteiger partial charge >= 0.3 is 0 Å². The third kappa shape index (κ3) is 1.78. The van der Waals surface area contributed by atoms with Crippen LogP contribution in [0.15, 0.2) is 30.5 Å². The van der Waals surface area contributed by atoms with Gasteiger partial charge in [-0.25, -0.2) is 0 Å². The molecule has 0 amide bonds. The van der Waals surface area contributed by atoms with E-state index in [1.807, 2.05) is 19.1 Å². The summed E-state index contributed by atoms with van der Waals surface area (Å²) >= 11 is 6.01. The van der Waals surface area contributed by atoms with E-state index in [1.54, 1.807) is 0 Å². The first-order valence-electron chi connectivity index (χ1n) is 5.80. The van der Waals surface area contributed by atoms with Gasteiger partial charge in [0.25, 0.3) is 0 Å². The molecular formula is C14H14ClNO. The number of fused-ring (bicyclic) bond motifs is 3. The van der Waals surface area contributed by atoms with Crippen LogP contribution in [0.5, 0.6) is 0 Å². The summed E-state index contributed by atoms with van der Waals surface area (Å²) < 4.78 is 2.12. The van der Waals surface area contributed by atoms with Crippen molar-refractivity contribution in [2.75, 3.05) is 0 Å². The average molecular weight is 248 g/mol. The first-order chi connectivity index (χ1) is 8.15. The van der Waals surface area contributed by atoms with Gasteiger partial charge in [-0.15, -0.1) is 0 Å². The molecule has 1 unspecified atom stereocenters. The summed E-state index contributed by atoms with van der Waals surface area (Å²) in [5.74, 6) is 0. The van der Waals surface area contributed by atoms with E-state index < -0.39 is 0 Å². The molecule has 0 bridgehead atoms. The van der Waals surface area contributed by atoms with Crippen LogP contribution in [0.1, 0.15) is 18.1 Å². The minimum absolute atomic E-state index is 0.331. The van der Waals surface area contributed by atoms with Gasteiger partial charge in [0.2, 0.25) is 0 Å². The number of halogens is 1. The molecule has 88 valence electrons. The van der Waals surface area contributed by atoms with E-state index in [-0.39, 0.29) is 6.10 Å². The molecule has 0 radical (unpaired) electrons. The summed E-state index contributed by atoms with van der Waals surface area (Å²) in [4.78, 5) is 0. The molecule has 0 saturated carbocycles. The number of aromatic nitrogens is 1. The van der Waals surface area contributed by atoms with Gasteiger partial charge in [0, 0.05) is 29.7 Å². The lowest BCUT2D eigenvalue weighted by molar-refractivity contribution is 0.174. The second-order valence-corrected chi connectivity index (χ2v) is 5.11. The van der Waals surface area contributed by atoms with Gasteiger partial charge in [0.05, 0.1) is 11.8 Å². The zero-order valence-electron chi connectivity index (χ0n) is 9.65. The maximum atomic E-state index is 9.51. The number of rotatable bonds is 2. The number of nitrogens with zero attached hydrogens (tertiary/aromatic N) is 1. The van der Waals surface area contributed by atoms with Crippen LogP contribution < -0.4 is 0 Å². The van der Waals surface area contributed by atoms with Gasteiger partial charge in [0.15, 0.2) is 0 Å². The van der Waals surface area contributed by atoms with Crippen molar-refractivity contribution in [3.05, 3.63) is 46.6 Å². The van der Waals surface area contributed by atoms with Gasteiger partial charge < -0.3 is 9.67 Å². The number of aliphatic hydroxyl groups is 1. The number of hydrogen-bond donors (Lipinski definition) is 1. The fraction of sp³-hybridized carbons (Fsp3) is 0.286. The second kappa shape index (κ2) is 3.90. The molecule has 3 heteroatoms. The molecule has 1 aliphatic rings. The molecule has 0 aliphatic heterocycles. The molecule has 1 aromatic carbocycles. The SMILES string of the molecule is CC(O)Cn1ccc2c1-c1ccc(Cl)cc1C2. The van der Waals surface area contributed by atoms with Crippen LogP contribution in [0, 0.1) is 0 Å². The topological polar surface area (TPSA) is 25.2 Å². The van der Waals surface area contributed by atoms with Crippen LogP contribution in [-0.4, -0.2) is 15.8 Å². The normalized spacial score (nSPS) is 14.5. The maximum absolute atomic E-state index is 9.51. The highest BCUT2D eigenvalue weighted by atomic mass is 35.5. The van der Waals surface area contributed by atoms with E-state index in [0.717, 1.165) is 11.4 Å². The Bertz CT molecular complexity index is 572. The van der Waals surface area contributed by atoms with Crippen LogP contribution in [0.3, 0.4) is 0 Å². The van der Waals surface area contributed by atoms with Crippen LogP contribution in [0.25, 0.3) is 11.3 Å². The first kappa shape index (κ1) is 10.9. The van der Waals surface area contributed by atoms with E-state index in [9.17, 15) is 5.11 Å². The Morgan fingerprint density at radius 2 is 2.18 bits per heavy atom. The van der Waals surface area contributed by atoms with E-state index in [4.69, 9.17) is 11.6 Å². The van der Waals surface area contributed by atoms with E-state index in [1.165, 1.54) is 22.4 Å². The molecular weight excluding hydrogens is 234 g/mol. The molecule has 1 heterocycles. The summed E-state index contributed by atoms with van der Waals surface area (Å²) in [6, 6.07) is 8.16. The smallest absolute Gasteiger partial charge is 0.0691 e. The molecule has 1 atom stereocenters. The van der Waals surface area contributed by atoms with Gasteiger partial charge in [-0.3, -0.25) is 0 Å². The highest BCUT2D eigenvalue weighted by molar-refractivity contribution is 6.30. The van der Waals surface area contributed by atoms with Crippen molar-refractivity contribution in [1.82, 2.24) is 4.57 Å². The Labute approximate surface area is 105 Å². The van der Waals surface area contributed by atoms with Crippen molar-refractivity contribution in [1.29, 1.82) is 0 Å². The Morgan fingerprint density at radius 1 is 1.35 bits per heavy atom. The van der Waals surface area contributed by atoms with Crippen molar-refractivity contribution < 1.29 is 5.11 Å². The maximum Gasteiger partial charge on any atom is 0.0691 e. The minimum atomic E-state index is -0.331. The quantitative estimate of drug-likeness (QED) is 0.740. The highest BCUT2D eigenvalue weighted by Gasteiger charge is 2.22. The molecule has 1 aromatic heterocycles. The lowest BCUT2D eigenvalue weighted by Gasteiger charge is -2.11. The van der Waals surface area contributed by atoms with Crippen molar-refractivity contribution in [2.24, 2.45) is 0 Å². The Morgan fingerprint density at radius 3 is 2.94 bits per heavy atom. The summed E-state index contributed by atoms with van der Waals surface area (Å²) in [6.07, 6.45) is 2.66. The number of aliphatic hydroxyl groups excluding tert-OH is 1. The Kier molecular flexibility index (Phi) is 2.49. The highest BCUT2D eigenvalue weighted by Crippen LogP contribution is 2.38. The third-order valence-electron chi connectivity index (χ3n) is 3.21. The van der Waals surface area contributed by atoms with Crippen molar-refractivity contribution in [3.63, 3.8) is 0 Å². The second-order valence-electron chi connectivity index (χ2n) is 4.67. The molecule has 0 fully saturated rings. The van der Waals surface area contributed by atoms with Crippen LogP contribution in [0.2, 0.25) is 5.02 Å². The van der Waals surface area contributed by atoms with E-state index >= 15 is 0 Å². The van der Waals surface area contributed by atoms with Gasteiger partial charge in [-0.1, -0.05) is 17.7 Å². The van der Waals surface area contributed by atoms with Gasteiger partial charge in [-0.2, -0.15) is 0 Å². The summed E-state index contributed by atoms with van der Waals surface area (Å²) in [7, 11) is 0. The summed E-state index contributed by atoms with van der Waals surface area (Å²) in [6.45, 7) is 2.45. The predicted molar refractivity (Wildman–Crippen MR) is 69.4 cm³/mol. The molecule has 3 rings (SSSR count). The molecule has 17 heavy (non-hydrogen) atoms. The lowest BCUT2D eigenvalue weighted by atomic mass is 10.1. The Hall–Kier alpha value is -1.25. The van der Waals surface area contributed by atoms with Crippen LogP contribution in [-0.2, 0) is 13.0 Å². The molecule has 0 spiro atoms. The Balaban J connectivity index is 2.10. The van der Waals surface area contributed by atoms with Crippen molar-refractivity contribution in [3.8, 4) is 11.3 Å². The molecule has 1 N–H and O–H groups in total. The molecule has 0 saturated heterocycles. The minimum Gasteiger partial charge on any atom is -0.392 e. The average Bonchev–Trinajstić information content (AvgIpc) is 2.77. The fourth-order valence-electron chi connectivity index (χ4n) is 2.57.